The van der Waals surface area contributed by atoms with Crippen LogP contribution in [-0.2, 0) is 20.0 Å². The van der Waals surface area contributed by atoms with Crippen molar-refractivity contribution < 1.29 is 0 Å². The van der Waals surface area contributed by atoms with Gasteiger partial charge in [0.1, 0.15) is 0 Å². The molecule has 1 aliphatic rings. The molecule has 2 aromatic rings. The average molecular weight is 286 g/mol. The van der Waals surface area contributed by atoms with Gasteiger partial charge in [0, 0.05) is 25.5 Å². The monoisotopic (exact) mass is 286 g/mol. The number of nitrogens with zero attached hydrogens (tertiary/aromatic N) is 3. The summed E-state index contributed by atoms with van der Waals surface area (Å²) in [5.74, 6) is 0. The van der Waals surface area contributed by atoms with Crippen molar-refractivity contribution in [3.05, 3.63) is 41.0 Å². The Morgan fingerprint density at radius 1 is 1.38 bits per heavy atom. The largest absolute Gasteiger partial charge is 0.348 e. The number of hydrogen-bond acceptors (Lipinski definition) is 2. The van der Waals surface area contributed by atoms with Gasteiger partial charge in [-0.1, -0.05) is 6.92 Å². The van der Waals surface area contributed by atoms with E-state index in [0.717, 1.165) is 18.8 Å². The van der Waals surface area contributed by atoms with E-state index in [1.54, 1.807) is 0 Å². The molecular formula is C17H26N4. The maximum Gasteiger partial charge on any atom is 0.0639 e. The van der Waals surface area contributed by atoms with Gasteiger partial charge in [-0.15, -0.1) is 0 Å². The Bertz CT molecular complexity index is 608. The number of rotatable bonds is 5. The van der Waals surface area contributed by atoms with E-state index in [9.17, 15) is 0 Å². The van der Waals surface area contributed by atoms with Crippen LogP contribution < -0.4 is 5.32 Å². The molecule has 1 atom stereocenters. The molecule has 1 unspecified atom stereocenters. The highest BCUT2D eigenvalue weighted by Gasteiger charge is 2.21. The van der Waals surface area contributed by atoms with E-state index in [2.05, 4.69) is 47.3 Å². The molecule has 1 N–H and O–H groups in total. The van der Waals surface area contributed by atoms with Crippen molar-refractivity contribution in [3.63, 3.8) is 0 Å². The van der Waals surface area contributed by atoms with Gasteiger partial charge in [-0.3, -0.25) is 4.68 Å². The first kappa shape index (κ1) is 14.4. The normalized spacial score (nSPS) is 18.0. The second-order valence-corrected chi connectivity index (χ2v) is 6.21. The van der Waals surface area contributed by atoms with Gasteiger partial charge in [-0.25, -0.2) is 0 Å². The summed E-state index contributed by atoms with van der Waals surface area (Å²) >= 11 is 0. The van der Waals surface area contributed by atoms with Crippen molar-refractivity contribution >= 4 is 0 Å². The maximum atomic E-state index is 4.44. The van der Waals surface area contributed by atoms with Gasteiger partial charge < -0.3 is 9.88 Å². The molecule has 0 aromatic carbocycles. The summed E-state index contributed by atoms with van der Waals surface area (Å²) in [6, 6.07) is 2.72. The Morgan fingerprint density at radius 2 is 2.24 bits per heavy atom. The highest BCUT2D eigenvalue weighted by Crippen LogP contribution is 2.30. The Hall–Kier alpha value is -1.55. The smallest absolute Gasteiger partial charge is 0.0639 e. The third-order valence-electron chi connectivity index (χ3n) is 4.40. The topological polar surface area (TPSA) is 34.8 Å². The Morgan fingerprint density at radius 3 is 2.95 bits per heavy atom. The molecule has 0 saturated carbocycles. The summed E-state index contributed by atoms with van der Waals surface area (Å²) in [6.07, 6.45) is 9.64. The molecule has 0 aliphatic heterocycles. The van der Waals surface area contributed by atoms with Crippen LogP contribution in [0.4, 0.5) is 0 Å². The fourth-order valence-corrected chi connectivity index (χ4v) is 3.37. The Labute approximate surface area is 127 Å². The highest BCUT2D eigenvalue weighted by atomic mass is 15.3. The lowest BCUT2D eigenvalue weighted by Gasteiger charge is -2.23. The SMILES string of the molecule is CCCNC1CCCc2cn(Cc3cc(C)nn3C)cc21. The summed E-state index contributed by atoms with van der Waals surface area (Å²) < 4.78 is 4.31. The second kappa shape index (κ2) is 6.06. The van der Waals surface area contributed by atoms with Crippen LogP contribution >= 0.6 is 0 Å². The Balaban J connectivity index is 1.79. The molecule has 0 fully saturated rings. The van der Waals surface area contributed by atoms with Crippen molar-refractivity contribution in [1.82, 2.24) is 19.7 Å². The minimum absolute atomic E-state index is 0.545. The summed E-state index contributed by atoms with van der Waals surface area (Å²) in [5, 5.41) is 8.12. The molecule has 0 spiro atoms. The predicted molar refractivity (Wildman–Crippen MR) is 85.5 cm³/mol. The van der Waals surface area contributed by atoms with Crippen LogP contribution in [0.1, 0.15) is 54.7 Å². The third kappa shape index (κ3) is 3.05. The molecule has 2 heterocycles. The molecule has 0 amide bonds. The van der Waals surface area contributed by atoms with Gasteiger partial charge in [0.15, 0.2) is 0 Å². The van der Waals surface area contributed by atoms with Crippen LogP contribution in [0.15, 0.2) is 18.5 Å². The Kier molecular flexibility index (Phi) is 4.15. The summed E-state index contributed by atoms with van der Waals surface area (Å²) in [6.45, 7) is 6.29. The lowest BCUT2D eigenvalue weighted by atomic mass is 9.91. The predicted octanol–water partition coefficient (Wildman–Crippen LogP) is 2.96. The van der Waals surface area contributed by atoms with Gasteiger partial charge in [0.25, 0.3) is 0 Å². The molecule has 21 heavy (non-hydrogen) atoms. The van der Waals surface area contributed by atoms with E-state index in [4.69, 9.17) is 0 Å². The van der Waals surface area contributed by atoms with Gasteiger partial charge in [0.05, 0.1) is 17.9 Å². The lowest BCUT2D eigenvalue weighted by molar-refractivity contribution is 0.462. The summed E-state index contributed by atoms with van der Waals surface area (Å²) in [4.78, 5) is 0. The van der Waals surface area contributed by atoms with Crippen LogP contribution in [0, 0.1) is 6.92 Å². The van der Waals surface area contributed by atoms with Crippen molar-refractivity contribution in [1.29, 1.82) is 0 Å². The minimum Gasteiger partial charge on any atom is -0.348 e. The van der Waals surface area contributed by atoms with Crippen LogP contribution in [-0.4, -0.2) is 20.9 Å². The van der Waals surface area contributed by atoms with Crippen molar-refractivity contribution in [2.45, 2.75) is 52.1 Å². The highest BCUT2D eigenvalue weighted by molar-refractivity contribution is 5.31. The maximum absolute atomic E-state index is 4.44. The van der Waals surface area contributed by atoms with E-state index < -0.39 is 0 Å². The van der Waals surface area contributed by atoms with Gasteiger partial charge in [0.2, 0.25) is 0 Å². The van der Waals surface area contributed by atoms with Crippen molar-refractivity contribution in [2.24, 2.45) is 7.05 Å². The molecule has 0 bridgehead atoms. The fourth-order valence-electron chi connectivity index (χ4n) is 3.37. The van der Waals surface area contributed by atoms with Crippen LogP contribution in [0.3, 0.4) is 0 Å². The first-order chi connectivity index (χ1) is 10.2. The van der Waals surface area contributed by atoms with Crippen molar-refractivity contribution in [3.8, 4) is 0 Å². The molecule has 4 heteroatoms. The first-order valence-electron chi connectivity index (χ1n) is 8.09. The van der Waals surface area contributed by atoms with E-state index in [-0.39, 0.29) is 0 Å². The van der Waals surface area contributed by atoms with Crippen LogP contribution in [0.25, 0.3) is 0 Å². The first-order valence-corrected chi connectivity index (χ1v) is 8.09. The molecule has 3 rings (SSSR count). The van der Waals surface area contributed by atoms with E-state index in [1.165, 1.54) is 42.5 Å². The molecule has 1 aliphatic carbocycles. The number of aryl methyl sites for hydroxylation is 3. The standard InChI is InChI=1S/C17H26N4/c1-4-8-18-17-7-5-6-14-10-21(12-16(14)17)11-15-9-13(2)19-20(15)3/h9-10,12,17-18H,4-8,11H2,1-3H3. The third-order valence-corrected chi connectivity index (χ3v) is 4.40. The van der Waals surface area contributed by atoms with Gasteiger partial charge in [-0.2, -0.15) is 5.10 Å². The van der Waals surface area contributed by atoms with Crippen LogP contribution in [0.5, 0.6) is 0 Å². The molecular weight excluding hydrogens is 260 g/mol. The average Bonchev–Trinajstić information content (AvgIpc) is 3.00. The van der Waals surface area contributed by atoms with E-state index in [0.29, 0.717) is 6.04 Å². The van der Waals surface area contributed by atoms with Gasteiger partial charge in [-0.05, 0) is 56.3 Å². The zero-order valence-electron chi connectivity index (χ0n) is 13.4. The number of aromatic nitrogens is 3. The lowest BCUT2D eigenvalue weighted by Crippen LogP contribution is -2.24. The van der Waals surface area contributed by atoms with Crippen molar-refractivity contribution in [2.75, 3.05) is 6.54 Å². The quantitative estimate of drug-likeness (QED) is 0.917. The number of hydrogen-bond donors (Lipinski definition) is 1. The zero-order valence-corrected chi connectivity index (χ0v) is 13.4. The molecule has 0 radical (unpaired) electrons. The van der Waals surface area contributed by atoms with E-state index in [1.807, 2.05) is 11.7 Å². The molecule has 2 aromatic heterocycles. The molecule has 114 valence electrons. The van der Waals surface area contributed by atoms with E-state index >= 15 is 0 Å². The molecule has 0 saturated heterocycles. The van der Waals surface area contributed by atoms with Crippen LogP contribution in [0.2, 0.25) is 0 Å². The summed E-state index contributed by atoms with van der Waals surface area (Å²) in [5.41, 5.74) is 5.38. The second-order valence-electron chi connectivity index (χ2n) is 6.21. The summed E-state index contributed by atoms with van der Waals surface area (Å²) in [7, 11) is 2.03. The number of nitrogens with one attached hydrogen (secondary N) is 1. The number of fused-ring (bicyclic) bond motifs is 1. The molecule has 4 nitrogen and oxygen atoms in total. The fraction of sp³-hybridized carbons (Fsp3) is 0.588. The van der Waals surface area contributed by atoms with Gasteiger partial charge >= 0.3 is 0 Å². The zero-order chi connectivity index (χ0) is 14.8. The minimum atomic E-state index is 0.545.